The van der Waals surface area contributed by atoms with Gasteiger partial charge < -0.3 is 9.84 Å². The number of carbonyl (C=O) groups is 1. The highest BCUT2D eigenvalue weighted by molar-refractivity contribution is 5.77. The summed E-state index contributed by atoms with van der Waals surface area (Å²) >= 11 is 0. The average Bonchev–Trinajstić information content (AvgIpc) is 3.10. The van der Waals surface area contributed by atoms with Crippen LogP contribution >= 0.6 is 0 Å². The maximum Gasteiger partial charge on any atom is 0.241 e. The zero-order chi connectivity index (χ0) is 18.4. The number of rotatable bonds is 7. The highest BCUT2D eigenvalue weighted by Crippen LogP contribution is 2.17. The summed E-state index contributed by atoms with van der Waals surface area (Å²) in [5, 5.41) is 7.03. The lowest BCUT2D eigenvalue weighted by molar-refractivity contribution is -0.122. The van der Waals surface area contributed by atoms with Crippen LogP contribution in [-0.4, -0.2) is 65.1 Å². The Hall–Kier alpha value is -2.25. The molecule has 1 aliphatic heterocycles. The van der Waals surface area contributed by atoms with Gasteiger partial charge in [0.2, 0.25) is 17.6 Å². The molecule has 1 aliphatic rings. The molecule has 1 N–H and O–H groups in total. The Morgan fingerprint density at radius 3 is 2.73 bits per heavy atom. The van der Waals surface area contributed by atoms with Crippen LogP contribution in [0.1, 0.15) is 24.8 Å². The van der Waals surface area contributed by atoms with Gasteiger partial charge in [-0.3, -0.25) is 14.6 Å². The van der Waals surface area contributed by atoms with E-state index >= 15 is 0 Å². The summed E-state index contributed by atoms with van der Waals surface area (Å²) in [6, 6.07) is 8.09. The van der Waals surface area contributed by atoms with E-state index in [2.05, 4.69) is 38.2 Å². The van der Waals surface area contributed by atoms with Crippen molar-refractivity contribution in [2.24, 2.45) is 0 Å². The van der Waals surface area contributed by atoms with Crippen LogP contribution in [0.3, 0.4) is 0 Å². The van der Waals surface area contributed by atoms with E-state index in [9.17, 15) is 4.79 Å². The fourth-order valence-electron chi connectivity index (χ4n) is 3.04. The maximum atomic E-state index is 11.8. The van der Waals surface area contributed by atoms with Gasteiger partial charge >= 0.3 is 0 Å². The van der Waals surface area contributed by atoms with Gasteiger partial charge in [-0.15, -0.1) is 0 Å². The van der Waals surface area contributed by atoms with E-state index in [0.717, 1.165) is 44.7 Å². The van der Waals surface area contributed by atoms with Gasteiger partial charge in [0.15, 0.2) is 0 Å². The summed E-state index contributed by atoms with van der Waals surface area (Å²) in [5.74, 6) is 1.38. The SMILES string of the molecule is CCCNC(=O)CN1CCN(Cc2nc(-c3cccc(C)c3)no2)CC1. The van der Waals surface area contributed by atoms with Crippen LogP contribution in [0.2, 0.25) is 0 Å². The molecule has 26 heavy (non-hydrogen) atoms. The molecule has 0 aliphatic carbocycles. The maximum absolute atomic E-state index is 11.8. The van der Waals surface area contributed by atoms with E-state index in [-0.39, 0.29) is 5.91 Å². The Kier molecular flexibility index (Phi) is 6.35. The minimum atomic E-state index is 0.111. The van der Waals surface area contributed by atoms with E-state index in [1.807, 2.05) is 25.1 Å². The van der Waals surface area contributed by atoms with Crippen molar-refractivity contribution in [3.05, 3.63) is 35.7 Å². The Morgan fingerprint density at radius 2 is 2.00 bits per heavy atom. The highest BCUT2D eigenvalue weighted by atomic mass is 16.5. The molecule has 1 aromatic carbocycles. The smallest absolute Gasteiger partial charge is 0.241 e. The van der Waals surface area contributed by atoms with Gasteiger partial charge in [-0.2, -0.15) is 4.98 Å². The first-order valence-electron chi connectivity index (χ1n) is 9.25. The van der Waals surface area contributed by atoms with Gasteiger partial charge in [0, 0.05) is 38.3 Å². The summed E-state index contributed by atoms with van der Waals surface area (Å²) in [6.45, 7) is 9.51. The molecule has 140 valence electrons. The van der Waals surface area contributed by atoms with Crippen molar-refractivity contribution in [1.29, 1.82) is 0 Å². The molecule has 7 heteroatoms. The number of piperazine rings is 1. The quantitative estimate of drug-likeness (QED) is 0.813. The van der Waals surface area contributed by atoms with Crippen LogP contribution in [0.4, 0.5) is 0 Å². The third-order valence-corrected chi connectivity index (χ3v) is 4.51. The lowest BCUT2D eigenvalue weighted by atomic mass is 10.1. The summed E-state index contributed by atoms with van der Waals surface area (Å²) in [4.78, 5) is 20.8. The second-order valence-electron chi connectivity index (χ2n) is 6.78. The van der Waals surface area contributed by atoms with E-state index in [0.29, 0.717) is 24.8 Å². The molecule has 0 bridgehead atoms. The zero-order valence-electron chi connectivity index (χ0n) is 15.6. The van der Waals surface area contributed by atoms with Gasteiger partial charge in [0.1, 0.15) is 0 Å². The minimum absolute atomic E-state index is 0.111. The van der Waals surface area contributed by atoms with Crippen LogP contribution in [0.15, 0.2) is 28.8 Å². The third kappa shape index (κ3) is 5.12. The number of hydrogen-bond donors (Lipinski definition) is 1. The normalized spacial score (nSPS) is 15.9. The van der Waals surface area contributed by atoms with Crippen molar-refractivity contribution in [2.45, 2.75) is 26.8 Å². The Labute approximate surface area is 154 Å². The second kappa shape index (κ2) is 8.91. The lowest BCUT2D eigenvalue weighted by Gasteiger charge is -2.33. The van der Waals surface area contributed by atoms with Gasteiger partial charge in [0.05, 0.1) is 13.1 Å². The topological polar surface area (TPSA) is 74.5 Å². The van der Waals surface area contributed by atoms with Crippen LogP contribution in [0.5, 0.6) is 0 Å². The lowest BCUT2D eigenvalue weighted by Crippen LogP contribution is -2.49. The van der Waals surface area contributed by atoms with Gasteiger partial charge in [-0.05, 0) is 19.4 Å². The first-order valence-corrected chi connectivity index (χ1v) is 9.25. The number of nitrogens with zero attached hydrogens (tertiary/aromatic N) is 4. The van der Waals surface area contributed by atoms with Crippen molar-refractivity contribution in [2.75, 3.05) is 39.3 Å². The number of benzene rings is 1. The molecule has 3 rings (SSSR count). The van der Waals surface area contributed by atoms with E-state index in [1.54, 1.807) is 0 Å². The number of amides is 1. The van der Waals surface area contributed by atoms with E-state index in [4.69, 9.17) is 4.52 Å². The van der Waals surface area contributed by atoms with E-state index in [1.165, 1.54) is 5.56 Å². The Morgan fingerprint density at radius 1 is 1.23 bits per heavy atom. The molecule has 0 unspecified atom stereocenters. The fourth-order valence-corrected chi connectivity index (χ4v) is 3.04. The van der Waals surface area contributed by atoms with Crippen molar-refractivity contribution < 1.29 is 9.32 Å². The molecule has 1 amide bonds. The predicted octanol–water partition coefficient (Wildman–Crippen LogP) is 1.69. The summed E-state index contributed by atoms with van der Waals surface area (Å²) in [6.07, 6.45) is 0.967. The summed E-state index contributed by atoms with van der Waals surface area (Å²) in [5.41, 5.74) is 2.15. The summed E-state index contributed by atoms with van der Waals surface area (Å²) in [7, 11) is 0. The van der Waals surface area contributed by atoms with Gasteiger partial charge in [0.25, 0.3) is 0 Å². The molecule has 1 aromatic heterocycles. The molecule has 2 aromatic rings. The van der Waals surface area contributed by atoms with Crippen molar-refractivity contribution in [1.82, 2.24) is 25.3 Å². The molecule has 1 fully saturated rings. The average molecular weight is 357 g/mol. The van der Waals surface area contributed by atoms with Crippen molar-refractivity contribution in [3.8, 4) is 11.4 Å². The molecule has 1 saturated heterocycles. The van der Waals surface area contributed by atoms with Crippen LogP contribution in [0, 0.1) is 6.92 Å². The Bertz CT molecular complexity index is 722. The molecule has 2 heterocycles. The monoisotopic (exact) mass is 357 g/mol. The molecule has 0 radical (unpaired) electrons. The molecular weight excluding hydrogens is 330 g/mol. The highest BCUT2D eigenvalue weighted by Gasteiger charge is 2.20. The zero-order valence-corrected chi connectivity index (χ0v) is 15.6. The Balaban J connectivity index is 1.47. The predicted molar refractivity (Wildman–Crippen MR) is 99.5 cm³/mol. The number of aromatic nitrogens is 2. The summed E-state index contributed by atoms with van der Waals surface area (Å²) < 4.78 is 5.42. The first kappa shape index (κ1) is 18.5. The second-order valence-corrected chi connectivity index (χ2v) is 6.78. The van der Waals surface area contributed by atoms with Crippen molar-refractivity contribution in [3.63, 3.8) is 0 Å². The first-order chi connectivity index (χ1) is 12.6. The number of aryl methyl sites for hydroxylation is 1. The fraction of sp³-hybridized carbons (Fsp3) is 0.526. The van der Waals surface area contributed by atoms with Crippen molar-refractivity contribution >= 4 is 5.91 Å². The number of nitrogens with one attached hydrogen (secondary N) is 1. The van der Waals surface area contributed by atoms with Crippen LogP contribution in [-0.2, 0) is 11.3 Å². The standard InChI is InChI=1S/C19H27N5O2/c1-3-7-20-17(25)13-23-8-10-24(11-9-23)14-18-21-19(22-26-18)16-6-4-5-15(2)12-16/h4-6,12H,3,7-11,13-14H2,1-2H3,(H,20,25). The van der Waals surface area contributed by atoms with Gasteiger partial charge in [-0.1, -0.05) is 35.8 Å². The third-order valence-electron chi connectivity index (χ3n) is 4.51. The molecule has 7 nitrogen and oxygen atoms in total. The van der Waals surface area contributed by atoms with Crippen LogP contribution < -0.4 is 5.32 Å². The minimum Gasteiger partial charge on any atom is -0.355 e. The molecule has 0 spiro atoms. The molecule has 0 atom stereocenters. The number of carbonyl (C=O) groups excluding carboxylic acids is 1. The molecule has 0 saturated carbocycles. The van der Waals surface area contributed by atoms with Crippen LogP contribution in [0.25, 0.3) is 11.4 Å². The van der Waals surface area contributed by atoms with E-state index < -0.39 is 0 Å². The van der Waals surface area contributed by atoms with Gasteiger partial charge in [-0.25, -0.2) is 0 Å². The largest absolute Gasteiger partial charge is 0.355 e. The number of hydrogen-bond acceptors (Lipinski definition) is 6. The molecular formula is C19H27N5O2.